The second-order valence-corrected chi connectivity index (χ2v) is 13.9. The van der Waals surface area contributed by atoms with Crippen molar-refractivity contribution < 1.29 is 32.1 Å². The third-order valence-corrected chi connectivity index (χ3v) is 10.8. The van der Waals surface area contributed by atoms with Crippen LogP contribution in [-0.4, -0.2) is 77.7 Å². The summed E-state index contributed by atoms with van der Waals surface area (Å²) in [5.74, 6) is -0.238. The van der Waals surface area contributed by atoms with Crippen LogP contribution in [0.3, 0.4) is 0 Å². The molecule has 0 aliphatic carbocycles. The molecule has 41 heavy (non-hydrogen) atoms. The number of rotatable bonds is 18. The topological polar surface area (TPSA) is 154 Å². The van der Waals surface area contributed by atoms with E-state index < -0.39 is 51.9 Å². The summed E-state index contributed by atoms with van der Waals surface area (Å²) in [5, 5.41) is 9.10. The van der Waals surface area contributed by atoms with E-state index in [1.807, 2.05) is 34.6 Å². The van der Waals surface area contributed by atoms with E-state index in [0.29, 0.717) is 6.42 Å². The summed E-state index contributed by atoms with van der Waals surface area (Å²) in [6.45, 7) is 14.3. The molecule has 0 spiro atoms. The van der Waals surface area contributed by atoms with Crippen molar-refractivity contribution >= 4 is 16.1 Å². The van der Waals surface area contributed by atoms with Crippen LogP contribution < -0.4 is 11.2 Å². The zero-order chi connectivity index (χ0) is 30.7. The molecule has 0 bridgehead atoms. The Labute approximate surface area is 243 Å². The van der Waals surface area contributed by atoms with E-state index in [1.165, 1.54) is 23.9 Å². The van der Waals surface area contributed by atoms with Gasteiger partial charge in [0.05, 0.1) is 44.6 Å². The smallest absolute Gasteiger partial charge is 0.330 e. The minimum atomic E-state index is -3.31. The summed E-state index contributed by atoms with van der Waals surface area (Å²) in [6.07, 6.45) is -0.881. The zero-order valence-electron chi connectivity index (χ0n) is 25.3. The van der Waals surface area contributed by atoms with Gasteiger partial charge >= 0.3 is 13.3 Å². The lowest BCUT2D eigenvalue weighted by Crippen LogP contribution is -2.42. The van der Waals surface area contributed by atoms with E-state index in [0.717, 1.165) is 0 Å². The Morgan fingerprint density at radius 2 is 1.78 bits per heavy atom. The molecule has 0 saturated carbocycles. The summed E-state index contributed by atoms with van der Waals surface area (Å²) < 4.78 is 52.7. The van der Waals surface area contributed by atoms with Crippen LogP contribution in [0.4, 0.5) is 0 Å². The lowest BCUT2D eigenvalue weighted by atomic mass is 9.96. The summed E-state index contributed by atoms with van der Waals surface area (Å²) in [4.78, 5) is 26.8. The highest BCUT2D eigenvalue weighted by Crippen LogP contribution is 2.53. The highest BCUT2D eigenvalue weighted by molar-refractivity contribution is 7.53. The van der Waals surface area contributed by atoms with Gasteiger partial charge in [0.1, 0.15) is 12.2 Å². The molecule has 1 aromatic rings. The number of hydrogen-bond acceptors (Lipinski definition) is 11. The summed E-state index contributed by atoms with van der Waals surface area (Å²) in [5.41, 5.74) is -1.18. The van der Waals surface area contributed by atoms with Crippen molar-refractivity contribution in [3.63, 3.8) is 0 Å². The standard InChI is InChI=1S/C26H46N4O9P2/c1-9-36-41(33,37-10-2)17-13-20(7)22-23(39-40(35-16-11-14-27)30(18(3)4)19(5)6)24(34-8)25(38-22)29-15-12-21(31)28-26(29)32/h12,15,18-20,22-25H,9-11,13,16-17H2,1-8H3,(H,28,31,32)/t20?,22-,23?,24?,25-,40?/m1/s1. The molecule has 2 rings (SSSR count). The Bertz CT molecular complexity index is 1120. The van der Waals surface area contributed by atoms with Crippen molar-refractivity contribution in [1.29, 1.82) is 5.26 Å². The summed E-state index contributed by atoms with van der Waals surface area (Å²) in [6, 6.07) is 3.45. The maximum absolute atomic E-state index is 13.2. The quantitative estimate of drug-likeness (QED) is 0.183. The molecule has 1 aliphatic rings. The first-order chi connectivity index (χ1) is 19.4. The summed E-state index contributed by atoms with van der Waals surface area (Å²) >= 11 is 0. The van der Waals surface area contributed by atoms with Gasteiger partial charge in [0.25, 0.3) is 14.1 Å². The van der Waals surface area contributed by atoms with Gasteiger partial charge in [0.15, 0.2) is 6.23 Å². The SMILES string of the molecule is CCOP(=O)(CCC(C)[C@H]1O[C@@H](n2ccc(=O)[nH]c2=O)C(OC)C1OP(OCCC#N)N(C(C)C)C(C)C)OCC. The molecule has 4 unspecified atom stereocenters. The molecule has 15 heteroatoms. The number of ether oxygens (including phenoxy) is 2. The van der Waals surface area contributed by atoms with Crippen LogP contribution in [0.15, 0.2) is 21.9 Å². The Morgan fingerprint density at radius 3 is 2.29 bits per heavy atom. The van der Waals surface area contributed by atoms with Crippen LogP contribution in [0, 0.1) is 17.2 Å². The third kappa shape index (κ3) is 9.78. The van der Waals surface area contributed by atoms with Gasteiger partial charge in [-0.1, -0.05) is 6.92 Å². The molecule has 1 saturated heterocycles. The predicted octanol–water partition coefficient (Wildman–Crippen LogP) is 4.40. The van der Waals surface area contributed by atoms with Gasteiger partial charge in [0, 0.05) is 31.5 Å². The van der Waals surface area contributed by atoms with Crippen molar-refractivity contribution in [2.45, 2.75) is 97.9 Å². The molecule has 1 aliphatic heterocycles. The number of H-pyrrole nitrogens is 1. The average molecular weight is 621 g/mol. The van der Waals surface area contributed by atoms with Crippen molar-refractivity contribution in [3.8, 4) is 6.07 Å². The molecule has 0 aromatic carbocycles. The van der Waals surface area contributed by atoms with Crippen LogP contribution in [0.1, 0.15) is 67.5 Å². The molecular weight excluding hydrogens is 574 g/mol. The second kappa shape index (κ2) is 17.0. The van der Waals surface area contributed by atoms with E-state index in [4.69, 9.17) is 32.8 Å². The molecule has 1 fully saturated rings. The van der Waals surface area contributed by atoms with Crippen molar-refractivity contribution in [2.24, 2.45) is 5.92 Å². The van der Waals surface area contributed by atoms with Crippen LogP contribution in [0.5, 0.6) is 0 Å². The van der Waals surface area contributed by atoms with Crippen molar-refractivity contribution in [2.75, 3.05) is 33.1 Å². The molecule has 0 radical (unpaired) electrons. The monoisotopic (exact) mass is 620 g/mol. The molecule has 1 aromatic heterocycles. The lowest BCUT2D eigenvalue weighted by molar-refractivity contribution is -0.0637. The van der Waals surface area contributed by atoms with Gasteiger partial charge in [0.2, 0.25) is 0 Å². The van der Waals surface area contributed by atoms with E-state index in [-0.39, 0.29) is 50.4 Å². The fourth-order valence-electron chi connectivity index (χ4n) is 4.83. The highest BCUT2D eigenvalue weighted by atomic mass is 31.2. The van der Waals surface area contributed by atoms with E-state index >= 15 is 0 Å². The Balaban J connectivity index is 2.49. The van der Waals surface area contributed by atoms with Crippen molar-refractivity contribution in [3.05, 3.63) is 33.1 Å². The Hall–Kier alpha value is -1.45. The van der Waals surface area contributed by atoms with Gasteiger partial charge in [-0.05, 0) is 53.9 Å². The number of hydrogen-bond donors (Lipinski definition) is 1. The second-order valence-electron chi connectivity index (χ2n) is 10.3. The maximum atomic E-state index is 13.2. The van der Waals surface area contributed by atoms with Crippen LogP contribution in [-0.2, 0) is 32.1 Å². The molecule has 13 nitrogen and oxygen atoms in total. The first-order valence-corrected chi connectivity index (χ1v) is 16.9. The number of nitrogens with zero attached hydrogens (tertiary/aromatic N) is 3. The summed E-state index contributed by atoms with van der Waals surface area (Å²) in [7, 11) is -3.49. The zero-order valence-corrected chi connectivity index (χ0v) is 27.1. The number of aromatic amines is 1. The Morgan fingerprint density at radius 1 is 1.15 bits per heavy atom. The van der Waals surface area contributed by atoms with Gasteiger partial charge in [-0.25, -0.2) is 9.46 Å². The van der Waals surface area contributed by atoms with Crippen LogP contribution >= 0.6 is 16.1 Å². The normalized spacial score (nSPS) is 22.9. The largest absolute Gasteiger partial charge is 0.374 e. The van der Waals surface area contributed by atoms with E-state index in [1.54, 1.807) is 13.8 Å². The fourth-order valence-corrected chi connectivity index (χ4v) is 8.43. The minimum Gasteiger partial charge on any atom is -0.374 e. The molecule has 0 amide bonds. The first kappa shape index (κ1) is 35.7. The number of methoxy groups -OCH3 is 1. The first-order valence-electron chi connectivity index (χ1n) is 14.1. The molecule has 234 valence electrons. The number of aromatic nitrogens is 2. The van der Waals surface area contributed by atoms with Gasteiger partial charge < -0.3 is 27.6 Å². The molecular formula is C26H46N4O9P2. The minimum absolute atomic E-state index is 0.0586. The molecule has 1 N–H and O–H groups in total. The van der Waals surface area contributed by atoms with Crippen LogP contribution in [0.2, 0.25) is 0 Å². The average Bonchev–Trinajstić information content (AvgIpc) is 3.25. The van der Waals surface area contributed by atoms with E-state index in [2.05, 4.69) is 15.7 Å². The van der Waals surface area contributed by atoms with Gasteiger partial charge in [-0.2, -0.15) is 5.26 Å². The predicted molar refractivity (Wildman–Crippen MR) is 156 cm³/mol. The fraction of sp³-hybridized carbons (Fsp3) is 0.808. The number of nitrogens with one attached hydrogen (secondary N) is 1. The highest BCUT2D eigenvalue weighted by Gasteiger charge is 2.51. The van der Waals surface area contributed by atoms with Crippen molar-refractivity contribution in [1.82, 2.24) is 14.2 Å². The van der Waals surface area contributed by atoms with Gasteiger partial charge in [-0.15, -0.1) is 0 Å². The Kier molecular flexibility index (Phi) is 14.8. The van der Waals surface area contributed by atoms with Gasteiger partial charge in [-0.3, -0.25) is 18.9 Å². The molecule has 6 atom stereocenters. The van der Waals surface area contributed by atoms with Crippen LogP contribution in [0.25, 0.3) is 0 Å². The van der Waals surface area contributed by atoms with E-state index in [9.17, 15) is 14.2 Å². The number of nitriles is 1. The lowest BCUT2D eigenvalue weighted by Gasteiger charge is -2.38. The third-order valence-electron chi connectivity index (χ3n) is 6.57. The molecule has 2 heterocycles. The maximum Gasteiger partial charge on any atom is 0.330 e.